The van der Waals surface area contributed by atoms with Gasteiger partial charge in [0, 0.05) is 26.6 Å². The third kappa shape index (κ3) is 6.84. The first-order chi connectivity index (χ1) is 15.7. The lowest BCUT2D eigenvalue weighted by molar-refractivity contribution is 0.0696. The first kappa shape index (κ1) is 26.9. The fourth-order valence-electron chi connectivity index (χ4n) is 3.70. The molecule has 7 nitrogen and oxygen atoms in total. The molecular formula is C25H37NO6S. The minimum atomic E-state index is -3.77. The summed E-state index contributed by atoms with van der Waals surface area (Å²) in [4.78, 5) is 13.9. The molecule has 1 N–H and O–H groups in total. The summed E-state index contributed by atoms with van der Waals surface area (Å²) in [6.07, 6.45) is 7.71. The first-order valence-electron chi connectivity index (χ1n) is 11.6. The van der Waals surface area contributed by atoms with Gasteiger partial charge in [-0.25, -0.2) is 13.2 Å². The SMILES string of the molecule is CCCCN(CCCC)c1cc(C(=O)O)cc(S(=O)(=O)CC)c1OC1=CC=C(C)CC1OC. The van der Waals surface area contributed by atoms with E-state index in [9.17, 15) is 18.3 Å². The Labute approximate surface area is 198 Å². The number of methoxy groups -OCH3 is 1. The van der Waals surface area contributed by atoms with Crippen LogP contribution in [0.3, 0.4) is 0 Å². The molecule has 0 aromatic heterocycles. The summed E-state index contributed by atoms with van der Waals surface area (Å²) in [7, 11) is -2.18. The van der Waals surface area contributed by atoms with Crippen molar-refractivity contribution in [2.75, 3.05) is 30.9 Å². The largest absolute Gasteiger partial charge is 0.478 e. The van der Waals surface area contributed by atoms with Gasteiger partial charge in [0.1, 0.15) is 16.8 Å². The molecule has 0 bridgehead atoms. The summed E-state index contributed by atoms with van der Waals surface area (Å²) in [5.41, 5.74) is 1.55. The monoisotopic (exact) mass is 479 g/mol. The third-order valence-corrected chi connectivity index (χ3v) is 7.50. The molecule has 33 heavy (non-hydrogen) atoms. The molecule has 0 radical (unpaired) electrons. The second-order valence-electron chi connectivity index (χ2n) is 8.34. The molecular weight excluding hydrogens is 442 g/mol. The molecule has 0 saturated heterocycles. The van der Waals surface area contributed by atoms with Crippen molar-refractivity contribution in [3.63, 3.8) is 0 Å². The number of carbonyl (C=O) groups is 1. The van der Waals surface area contributed by atoms with Crippen molar-refractivity contribution in [3.8, 4) is 5.75 Å². The third-order valence-electron chi connectivity index (χ3n) is 5.76. The number of ether oxygens (including phenoxy) is 2. The molecule has 1 aliphatic carbocycles. The Kier molecular flexibility index (Phi) is 9.98. The Morgan fingerprint density at radius 2 is 1.76 bits per heavy atom. The van der Waals surface area contributed by atoms with E-state index in [0.717, 1.165) is 31.3 Å². The van der Waals surface area contributed by atoms with Crippen LogP contribution in [0, 0.1) is 0 Å². The fourth-order valence-corrected chi connectivity index (χ4v) is 4.74. The normalized spacial score (nSPS) is 16.2. The number of nitrogens with zero attached hydrogens (tertiary/aromatic N) is 1. The van der Waals surface area contributed by atoms with Crippen LogP contribution in [0.5, 0.6) is 5.75 Å². The molecule has 0 aliphatic heterocycles. The minimum absolute atomic E-state index is 0.0703. The second-order valence-corrected chi connectivity index (χ2v) is 10.6. The number of unbranched alkanes of at least 4 members (excludes halogenated alkanes) is 2. The standard InChI is InChI=1S/C25H37NO6S/c1-6-9-13-26(14-10-7-2)20-16-19(25(27)28)17-23(33(29,30)8-3)24(20)32-21-12-11-18(4)15-22(21)31-5/h11-12,16-17,22H,6-10,13-15H2,1-5H3,(H,27,28). The highest BCUT2D eigenvalue weighted by atomic mass is 32.2. The average Bonchev–Trinajstić information content (AvgIpc) is 2.80. The zero-order valence-electron chi connectivity index (χ0n) is 20.4. The number of aromatic carboxylic acids is 1. The maximum atomic E-state index is 13.1. The highest BCUT2D eigenvalue weighted by molar-refractivity contribution is 7.91. The van der Waals surface area contributed by atoms with E-state index in [1.54, 1.807) is 20.1 Å². The van der Waals surface area contributed by atoms with Crippen LogP contribution >= 0.6 is 0 Å². The zero-order valence-corrected chi connectivity index (χ0v) is 21.2. The van der Waals surface area contributed by atoms with Crippen LogP contribution in [-0.2, 0) is 14.6 Å². The number of allylic oxidation sites excluding steroid dienone is 2. The number of rotatable bonds is 13. The van der Waals surface area contributed by atoms with Crippen LogP contribution in [0.15, 0.2) is 40.5 Å². The minimum Gasteiger partial charge on any atom is -0.478 e. The molecule has 2 rings (SSSR count). The van der Waals surface area contributed by atoms with Crippen molar-refractivity contribution in [1.29, 1.82) is 0 Å². The van der Waals surface area contributed by atoms with Crippen LogP contribution in [0.4, 0.5) is 5.69 Å². The fraction of sp³-hybridized carbons (Fsp3) is 0.560. The molecule has 1 aromatic rings. The number of sulfone groups is 1. The number of hydrogen-bond donors (Lipinski definition) is 1. The van der Waals surface area contributed by atoms with E-state index in [1.165, 1.54) is 12.1 Å². The van der Waals surface area contributed by atoms with Crippen LogP contribution in [0.2, 0.25) is 0 Å². The second kappa shape index (κ2) is 12.2. The van der Waals surface area contributed by atoms with Gasteiger partial charge in [0.15, 0.2) is 15.6 Å². The molecule has 0 spiro atoms. The molecule has 0 saturated carbocycles. The number of carboxylic acid groups (broad SMARTS) is 1. The van der Waals surface area contributed by atoms with Gasteiger partial charge in [-0.1, -0.05) is 45.3 Å². The lowest BCUT2D eigenvalue weighted by Crippen LogP contribution is -2.28. The van der Waals surface area contributed by atoms with Crippen molar-refractivity contribution >= 4 is 21.5 Å². The summed E-state index contributed by atoms with van der Waals surface area (Å²) in [6, 6.07) is 2.74. The summed E-state index contributed by atoms with van der Waals surface area (Å²) in [6.45, 7) is 9.06. The van der Waals surface area contributed by atoms with Crippen molar-refractivity contribution < 1.29 is 27.8 Å². The summed E-state index contributed by atoms with van der Waals surface area (Å²) >= 11 is 0. The van der Waals surface area contributed by atoms with Gasteiger partial charge in [0.2, 0.25) is 0 Å². The van der Waals surface area contributed by atoms with Gasteiger partial charge >= 0.3 is 5.97 Å². The predicted molar refractivity (Wildman–Crippen MR) is 131 cm³/mol. The number of hydrogen-bond acceptors (Lipinski definition) is 6. The van der Waals surface area contributed by atoms with Gasteiger partial charge in [-0.05, 0) is 38.0 Å². The van der Waals surface area contributed by atoms with Gasteiger partial charge in [0.25, 0.3) is 0 Å². The van der Waals surface area contributed by atoms with Crippen molar-refractivity contribution in [3.05, 3.63) is 41.2 Å². The van der Waals surface area contributed by atoms with E-state index in [0.29, 0.717) is 31.0 Å². The van der Waals surface area contributed by atoms with E-state index < -0.39 is 15.8 Å². The number of anilines is 1. The summed E-state index contributed by atoms with van der Waals surface area (Å²) < 4.78 is 38.1. The van der Waals surface area contributed by atoms with Gasteiger partial charge < -0.3 is 19.5 Å². The average molecular weight is 480 g/mol. The van der Waals surface area contributed by atoms with Crippen LogP contribution in [0.25, 0.3) is 0 Å². The molecule has 1 aliphatic rings. The first-order valence-corrected chi connectivity index (χ1v) is 13.3. The highest BCUT2D eigenvalue weighted by Gasteiger charge is 2.29. The topological polar surface area (TPSA) is 93.1 Å². The molecule has 1 aromatic carbocycles. The molecule has 0 heterocycles. The van der Waals surface area contributed by atoms with Gasteiger partial charge in [-0.2, -0.15) is 0 Å². The molecule has 1 atom stereocenters. The van der Waals surface area contributed by atoms with E-state index >= 15 is 0 Å². The lowest BCUT2D eigenvalue weighted by Gasteiger charge is -2.30. The zero-order chi connectivity index (χ0) is 24.6. The quantitative estimate of drug-likeness (QED) is 0.415. The van der Waals surface area contributed by atoms with E-state index in [4.69, 9.17) is 9.47 Å². The molecule has 0 amide bonds. The summed E-state index contributed by atoms with van der Waals surface area (Å²) in [5.74, 6) is -0.658. The Balaban J connectivity index is 2.77. The molecule has 8 heteroatoms. The van der Waals surface area contributed by atoms with Crippen molar-refractivity contribution in [1.82, 2.24) is 0 Å². The predicted octanol–water partition coefficient (Wildman–Crippen LogP) is 5.21. The Bertz CT molecular complexity index is 988. The molecule has 0 fully saturated rings. The van der Waals surface area contributed by atoms with E-state index in [1.807, 2.05) is 13.0 Å². The van der Waals surface area contributed by atoms with E-state index in [2.05, 4.69) is 18.7 Å². The van der Waals surface area contributed by atoms with Crippen molar-refractivity contribution in [2.45, 2.75) is 70.8 Å². The van der Waals surface area contributed by atoms with Crippen molar-refractivity contribution in [2.24, 2.45) is 0 Å². The molecule has 1 unspecified atom stereocenters. The van der Waals surface area contributed by atoms with Crippen LogP contribution < -0.4 is 9.64 Å². The highest BCUT2D eigenvalue weighted by Crippen LogP contribution is 2.40. The van der Waals surface area contributed by atoms with Crippen LogP contribution in [-0.4, -0.2) is 51.5 Å². The van der Waals surface area contributed by atoms with Gasteiger partial charge in [0.05, 0.1) is 17.0 Å². The van der Waals surface area contributed by atoms with E-state index in [-0.39, 0.29) is 28.1 Å². The lowest BCUT2D eigenvalue weighted by atomic mass is 10.0. The molecule has 184 valence electrons. The smallest absolute Gasteiger partial charge is 0.335 e. The maximum absolute atomic E-state index is 13.1. The van der Waals surface area contributed by atoms with Gasteiger partial charge in [-0.15, -0.1) is 0 Å². The van der Waals surface area contributed by atoms with Gasteiger partial charge in [-0.3, -0.25) is 0 Å². The number of carboxylic acids is 1. The maximum Gasteiger partial charge on any atom is 0.335 e. The Morgan fingerprint density at radius 1 is 1.12 bits per heavy atom. The Morgan fingerprint density at radius 3 is 2.27 bits per heavy atom. The number of benzene rings is 1. The summed E-state index contributed by atoms with van der Waals surface area (Å²) in [5, 5.41) is 9.73. The Hall–Kier alpha value is -2.32. The van der Waals surface area contributed by atoms with Crippen LogP contribution in [0.1, 0.15) is 70.2 Å².